The van der Waals surface area contributed by atoms with Crippen LogP contribution in [-0.4, -0.2) is 21.5 Å². The molecule has 5 nitrogen and oxygen atoms in total. The summed E-state index contributed by atoms with van der Waals surface area (Å²) in [6.07, 6.45) is 4.01. The van der Waals surface area contributed by atoms with Gasteiger partial charge in [0, 0.05) is 19.0 Å². The predicted octanol–water partition coefficient (Wildman–Crippen LogP) is 3.53. The average molecular weight is 347 g/mol. The fourth-order valence-corrected chi connectivity index (χ4v) is 2.87. The molecule has 0 saturated carbocycles. The molecule has 0 unspecified atom stereocenters. The van der Waals surface area contributed by atoms with Gasteiger partial charge in [-0.25, -0.2) is 0 Å². The highest BCUT2D eigenvalue weighted by Crippen LogP contribution is 2.07. The lowest BCUT2D eigenvalue weighted by Gasteiger charge is -2.11. The van der Waals surface area contributed by atoms with Crippen molar-refractivity contribution in [1.29, 1.82) is 0 Å². The number of aromatic amines is 1. The number of H-pyrrole nitrogens is 1. The number of para-hydroxylation sites is 1. The number of unbranched alkanes of at least 4 members (excludes halogenated alkanes) is 2. The van der Waals surface area contributed by atoms with E-state index < -0.39 is 0 Å². The summed E-state index contributed by atoms with van der Waals surface area (Å²) >= 11 is 5.29. The van der Waals surface area contributed by atoms with Crippen molar-refractivity contribution in [2.75, 3.05) is 0 Å². The Kier molecular flexibility index (Phi) is 6.73. The molecule has 0 aliphatic heterocycles. The number of benzene rings is 1. The summed E-state index contributed by atoms with van der Waals surface area (Å²) in [7, 11) is 0. The number of carbonyl (C=O) groups excluding carboxylic acids is 1. The molecule has 1 aromatic carbocycles. The van der Waals surface area contributed by atoms with Crippen molar-refractivity contribution in [3.05, 3.63) is 39.4 Å². The van der Waals surface area contributed by atoms with Crippen LogP contribution in [0.4, 0.5) is 0 Å². The highest BCUT2D eigenvalue weighted by molar-refractivity contribution is 7.71. The van der Waals surface area contributed by atoms with Crippen LogP contribution in [0, 0.1) is 4.77 Å². The van der Waals surface area contributed by atoms with E-state index >= 15 is 0 Å². The van der Waals surface area contributed by atoms with Gasteiger partial charge in [0.25, 0.3) is 5.56 Å². The van der Waals surface area contributed by atoms with Gasteiger partial charge in [-0.15, -0.1) is 0 Å². The van der Waals surface area contributed by atoms with Gasteiger partial charge in [-0.1, -0.05) is 25.5 Å². The van der Waals surface area contributed by atoms with E-state index in [0.717, 1.165) is 31.2 Å². The van der Waals surface area contributed by atoms with Gasteiger partial charge < -0.3 is 10.3 Å². The molecule has 130 valence electrons. The summed E-state index contributed by atoms with van der Waals surface area (Å²) in [6.45, 7) is 4.63. The minimum atomic E-state index is -0.0520. The minimum Gasteiger partial charge on any atom is -0.354 e. The lowest BCUT2D eigenvalue weighted by atomic mass is 10.1. The average Bonchev–Trinajstić information content (AvgIpc) is 2.57. The third-order valence-electron chi connectivity index (χ3n) is 4.19. The largest absolute Gasteiger partial charge is 0.354 e. The first-order chi connectivity index (χ1) is 11.5. The van der Waals surface area contributed by atoms with Crippen molar-refractivity contribution < 1.29 is 4.79 Å². The highest BCUT2D eigenvalue weighted by Gasteiger charge is 2.06. The Morgan fingerprint density at radius 2 is 2.04 bits per heavy atom. The molecule has 0 spiro atoms. The molecular weight excluding hydrogens is 322 g/mol. The molecule has 1 atom stereocenters. The van der Waals surface area contributed by atoms with Crippen LogP contribution < -0.4 is 10.9 Å². The summed E-state index contributed by atoms with van der Waals surface area (Å²) in [5, 5.41) is 3.61. The van der Waals surface area contributed by atoms with E-state index in [1.807, 2.05) is 25.1 Å². The smallest absolute Gasteiger partial charge is 0.262 e. The fourth-order valence-electron chi connectivity index (χ4n) is 2.58. The van der Waals surface area contributed by atoms with Crippen LogP contribution in [0.25, 0.3) is 10.9 Å². The predicted molar refractivity (Wildman–Crippen MR) is 99.8 cm³/mol. The van der Waals surface area contributed by atoms with Crippen molar-refractivity contribution in [1.82, 2.24) is 14.9 Å². The molecule has 6 heteroatoms. The van der Waals surface area contributed by atoms with Crippen molar-refractivity contribution in [3.63, 3.8) is 0 Å². The number of amides is 1. The fraction of sp³-hybridized carbons (Fsp3) is 0.500. The molecule has 24 heavy (non-hydrogen) atoms. The summed E-state index contributed by atoms with van der Waals surface area (Å²) < 4.78 is 2.06. The molecule has 1 aromatic heterocycles. The Balaban J connectivity index is 1.87. The SMILES string of the molecule is CC[C@H](C)NC(=O)CCCCCn1c(=S)[nH]c2ccccc2c1=O. The zero-order valence-electron chi connectivity index (χ0n) is 14.3. The van der Waals surface area contributed by atoms with Crippen LogP contribution in [0.2, 0.25) is 0 Å². The molecule has 0 radical (unpaired) electrons. The maximum Gasteiger partial charge on any atom is 0.262 e. The summed E-state index contributed by atoms with van der Waals surface area (Å²) in [4.78, 5) is 27.3. The quantitative estimate of drug-likeness (QED) is 0.567. The van der Waals surface area contributed by atoms with Gasteiger partial charge in [-0.3, -0.25) is 14.2 Å². The second-order valence-electron chi connectivity index (χ2n) is 6.12. The van der Waals surface area contributed by atoms with E-state index in [2.05, 4.69) is 17.2 Å². The second-order valence-corrected chi connectivity index (χ2v) is 6.51. The monoisotopic (exact) mass is 347 g/mol. The number of carbonyl (C=O) groups is 1. The minimum absolute atomic E-state index is 0.0520. The van der Waals surface area contributed by atoms with Gasteiger partial charge in [-0.2, -0.15) is 0 Å². The Morgan fingerprint density at radius 3 is 2.79 bits per heavy atom. The van der Waals surface area contributed by atoms with E-state index in [9.17, 15) is 9.59 Å². The molecular formula is C18H25N3O2S. The number of rotatable bonds is 8. The van der Waals surface area contributed by atoms with E-state index in [1.54, 1.807) is 10.6 Å². The van der Waals surface area contributed by atoms with Crippen LogP contribution in [0.1, 0.15) is 46.0 Å². The van der Waals surface area contributed by atoms with Gasteiger partial charge in [0.15, 0.2) is 4.77 Å². The van der Waals surface area contributed by atoms with Gasteiger partial charge in [0.2, 0.25) is 5.91 Å². The number of fused-ring (bicyclic) bond motifs is 1. The number of hydrogen-bond donors (Lipinski definition) is 2. The first kappa shape index (κ1) is 18.4. The van der Waals surface area contributed by atoms with Crippen LogP contribution >= 0.6 is 12.2 Å². The topological polar surface area (TPSA) is 66.9 Å². The summed E-state index contributed by atoms with van der Waals surface area (Å²) in [6, 6.07) is 7.61. The Hall–Kier alpha value is -1.95. The van der Waals surface area contributed by atoms with E-state index in [0.29, 0.717) is 23.1 Å². The Labute approximate surface area is 147 Å². The maximum atomic E-state index is 12.5. The standard InChI is InChI=1S/C18H25N3O2S/c1-3-13(2)19-16(22)11-5-4-8-12-21-17(23)14-9-6-7-10-15(14)20-18(21)24/h6-7,9-10,13H,3-5,8,11-12H2,1-2H3,(H,19,22)(H,20,24)/t13-/m0/s1. The summed E-state index contributed by atoms with van der Waals surface area (Å²) in [5.74, 6) is 0.101. The van der Waals surface area contributed by atoms with Crippen molar-refractivity contribution in [2.24, 2.45) is 0 Å². The lowest BCUT2D eigenvalue weighted by Crippen LogP contribution is -2.31. The zero-order chi connectivity index (χ0) is 17.5. The van der Waals surface area contributed by atoms with Crippen molar-refractivity contribution in [3.8, 4) is 0 Å². The number of aromatic nitrogens is 2. The van der Waals surface area contributed by atoms with E-state index in [-0.39, 0.29) is 17.5 Å². The van der Waals surface area contributed by atoms with Gasteiger partial charge in [0.05, 0.1) is 10.9 Å². The maximum absolute atomic E-state index is 12.5. The molecule has 0 fully saturated rings. The first-order valence-electron chi connectivity index (χ1n) is 8.54. The molecule has 1 heterocycles. The molecule has 0 bridgehead atoms. The Bertz CT molecular complexity index is 810. The highest BCUT2D eigenvalue weighted by atomic mass is 32.1. The zero-order valence-corrected chi connectivity index (χ0v) is 15.1. The Morgan fingerprint density at radius 1 is 1.29 bits per heavy atom. The molecule has 0 aliphatic rings. The van der Waals surface area contributed by atoms with Gasteiger partial charge in [-0.05, 0) is 50.5 Å². The molecule has 1 amide bonds. The number of nitrogens with zero attached hydrogens (tertiary/aromatic N) is 1. The second kappa shape index (κ2) is 8.78. The molecule has 2 rings (SSSR count). The van der Waals surface area contributed by atoms with Crippen molar-refractivity contribution >= 4 is 29.0 Å². The van der Waals surface area contributed by atoms with Crippen LogP contribution in [0.15, 0.2) is 29.1 Å². The first-order valence-corrected chi connectivity index (χ1v) is 8.95. The normalized spacial score (nSPS) is 12.2. The number of hydrogen-bond acceptors (Lipinski definition) is 3. The lowest BCUT2D eigenvalue weighted by molar-refractivity contribution is -0.121. The van der Waals surface area contributed by atoms with E-state index in [4.69, 9.17) is 12.2 Å². The third-order valence-corrected chi connectivity index (χ3v) is 4.52. The number of nitrogens with one attached hydrogen (secondary N) is 2. The molecule has 0 aliphatic carbocycles. The van der Waals surface area contributed by atoms with Gasteiger partial charge >= 0.3 is 0 Å². The molecule has 2 N–H and O–H groups in total. The van der Waals surface area contributed by atoms with Crippen LogP contribution in [0.5, 0.6) is 0 Å². The summed E-state index contributed by atoms with van der Waals surface area (Å²) in [5.41, 5.74) is 0.717. The third kappa shape index (κ3) is 4.77. The molecule has 2 aromatic rings. The molecule has 0 saturated heterocycles. The van der Waals surface area contributed by atoms with Crippen LogP contribution in [-0.2, 0) is 11.3 Å². The van der Waals surface area contributed by atoms with Crippen molar-refractivity contribution in [2.45, 2.75) is 58.5 Å². The van der Waals surface area contributed by atoms with Crippen LogP contribution in [0.3, 0.4) is 0 Å². The van der Waals surface area contributed by atoms with Gasteiger partial charge in [0.1, 0.15) is 0 Å². The van der Waals surface area contributed by atoms with E-state index in [1.165, 1.54) is 0 Å².